The highest BCUT2D eigenvalue weighted by atomic mass is 35.5. The molecule has 1 unspecified atom stereocenters. The number of hydrogen-bond acceptors (Lipinski definition) is 4. The molecule has 38 heavy (non-hydrogen) atoms. The summed E-state index contributed by atoms with van der Waals surface area (Å²) in [5.41, 5.74) is 2.30. The zero-order chi connectivity index (χ0) is 27.9. The Balaban J connectivity index is 2.08. The van der Waals surface area contributed by atoms with Crippen LogP contribution < -0.4 is 9.62 Å². The molecule has 0 fully saturated rings. The van der Waals surface area contributed by atoms with Crippen LogP contribution >= 0.6 is 23.2 Å². The van der Waals surface area contributed by atoms with Crippen molar-refractivity contribution in [2.75, 3.05) is 23.7 Å². The number of nitrogens with zero attached hydrogens (tertiary/aromatic N) is 2. The van der Waals surface area contributed by atoms with Gasteiger partial charge in [0.05, 0.1) is 11.9 Å². The molecule has 0 radical (unpaired) electrons. The predicted octanol–water partition coefficient (Wildman–Crippen LogP) is 4.84. The molecule has 0 bridgehead atoms. The second kappa shape index (κ2) is 13.1. The van der Waals surface area contributed by atoms with E-state index in [1.54, 1.807) is 56.3 Å². The maximum atomic E-state index is 14.0. The molecule has 10 heteroatoms. The Labute approximate surface area is 234 Å². The Hall–Kier alpha value is -3.07. The van der Waals surface area contributed by atoms with Gasteiger partial charge in [-0.15, -0.1) is 0 Å². The fourth-order valence-corrected chi connectivity index (χ4v) is 5.38. The Morgan fingerprint density at radius 1 is 0.921 bits per heavy atom. The van der Waals surface area contributed by atoms with Crippen molar-refractivity contribution in [3.05, 3.63) is 99.5 Å². The van der Waals surface area contributed by atoms with Gasteiger partial charge in [0.15, 0.2) is 0 Å². The summed E-state index contributed by atoms with van der Waals surface area (Å²) in [7, 11) is -3.88. The van der Waals surface area contributed by atoms with Crippen LogP contribution in [0, 0.1) is 6.92 Å². The molecule has 0 spiro atoms. The minimum Gasteiger partial charge on any atom is -0.355 e. The minimum atomic E-state index is -3.88. The molecule has 0 aliphatic carbocycles. The summed E-state index contributed by atoms with van der Waals surface area (Å²) in [6, 6.07) is 20.3. The van der Waals surface area contributed by atoms with Gasteiger partial charge in [-0.2, -0.15) is 0 Å². The number of sulfonamides is 1. The lowest BCUT2D eigenvalue weighted by Crippen LogP contribution is -2.53. The Kier molecular flexibility index (Phi) is 10.2. The first-order valence-corrected chi connectivity index (χ1v) is 14.7. The number of benzene rings is 3. The lowest BCUT2D eigenvalue weighted by molar-refractivity contribution is -0.140. The molecular weight excluding hydrogens is 545 g/mol. The Bertz CT molecular complexity index is 1380. The van der Waals surface area contributed by atoms with Gasteiger partial charge in [0.1, 0.15) is 12.6 Å². The Morgan fingerprint density at radius 2 is 1.55 bits per heavy atom. The average Bonchev–Trinajstić information content (AvgIpc) is 2.87. The van der Waals surface area contributed by atoms with Crippen molar-refractivity contribution in [1.82, 2.24) is 10.2 Å². The molecule has 0 aromatic heterocycles. The van der Waals surface area contributed by atoms with Crippen LogP contribution in [0.5, 0.6) is 0 Å². The predicted molar refractivity (Wildman–Crippen MR) is 153 cm³/mol. The van der Waals surface area contributed by atoms with E-state index in [-0.39, 0.29) is 18.9 Å². The summed E-state index contributed by atoms with van der Waals surface area (Å²) in [4.78, 5) is 28.7. The molecule has 3 aromatic carbocycles. The molecule has 1 N–H and O–H groups in total. The van der Waals surface area contributed by atoms with Crippen molar-refractivity contribution >= 4 is 50.7 Å². The van der Waals surface area contributed by atoms with Gasteiger partial charge in [0, 0.05) is 29.6 Å². The van der Waals surface area contributed by atoms with Crippen molar-refractivity contribution in [3.63, 3.8) is 0 Å². The molecule has 2 amide bonds. The molecule has 0 saturated carbocycles. The van der Waals surface area contributed by atoms with Crippen molar-refractivity contribution in [2.24, 2.45) is 0 Å². The second-order valence-electron chi connectivity index (χ2n) is 8.87. The van der Waals surface area contributed by atoms with Gasteiger partial charge in [-0.1, -0.05) is 77.8 Å². The second-order valence-corrected chi connectivity index (χ2v) is 11.6. The van der Waals surface area contributed by atoms with E-state index >= 15 is 0 Å². The van der Waals surface area contributed by atoms with Crippen molar-refractivity contribution in [3.8, 4) is 0 Å². The maximum Gasteiger partial charge on any atom is 0.244 e. The molecule has 202 valence electrons. The normalized spacial score (nSPS) is 12.0. The molecule has 0 aliphatic rings. The third-order valence-corrected chi connectivity index (χ3v) is 8.01. The number of carbonyl (C=O) groups excluding carboxylic acids is 2. The molecular formula is C28H31Cl2N3O4S. The number of nitrogens with one attached hydrogen (secondary N) is 1. The monoisotopic (exact) mass is 575 g/mol. The topological polar surface area (TPSA) is 86.8 Å². The number of carbonyl (C=O) groups is 2. The van der Waals surface area contributed by atoms with E-state index in [2.05, 4.69) is 5.32 Å². The Morgan fingerprint density at radius 3 is 2.18 bits per heavy atom. The SMILES string of the molecule is CCNC(=O)C(Cc1ccccc1)N(Cc1ccccc1Cl)C(=O)CN(c1cccc(Cl)c1C)S(C)(=O)=O. The lowest BCUT2D eigenvalue weighted by atomic mass is 10.0. The quantitative estimate of drug-likeness (QED) is 0.354. The summed E-state index contributed by atoms with van der Waals surface area (Å²) < 4.78 is 26.8. The van der Waals surface area contributed by atoms with E-state index in [0.29, 0.717) is 33.4 Å². The van der Waals surface area contributed by atoms with Crippen molar-refractivity contribution in [2.45, 2.75) is 32.9 Å². The van der Waals surface area contributed by atoms with E-state index in [9.17, 15) is 18.0 Å². The highest BCUT2D eigenvalue weighted by Crippen LogP contribution is 2.29. The third-order valence-electron chi connectivity index (χ3n) is 6.11. The highest BCUT2D eigenvalue weighted by Gasteiger charge is 2.33. The zero-order valence-electron chi connectivity index (χ0n) is 21.5. The molecule has 7 nitrogen and oxygen atoms in total. The fraction of sp³-hybridized carbons (Fsp3) is 0.286. The van der Waals surface area contributed by atoms with Crippen LogP contribution in [-0.4, -0.2) is 50.5 Å². The summed E-state index contributed by atoms with van der Waals surface area (Å²) in [5, 5.41) is 3.63. The third kappa shape index (κ3) is 7.49. The van der Waals surface area contributed by atoms with Gasteiger partial charge in [-0.3, -0.25) is 13.9 Å². The lowest BCUT2D eigenvalue weighted by Gasteiger charge is -2.34. The van der Waals surface area contributed by atoms with Gasteiger partial charge in [0.2, 0.25) is 21.8 Å². The van der Waals surface area contributed by atoms with Crippen LogP contribution in [0.25, 0.3) is 0 Å². The fourth-order valence-electron chi connectivity index (χ4n) is 4.12. The van der Waals surface area contributed by atoms with Gasteiger partial charge in [0.25, 0.3) is 0 Å². The number of rotatable bonds is 11. The number of likely N-dealkylation sites (N-methyl/N-ethyl adjacent to an activating group) is 1. The molecule has 1 atom stereocenters. The molecule has 0 saturated heterocycles. The van der Waals surface area contributed by atoms with Crippen LogP contribution in [0.1, 0.15) is 23.6 Å². The van der Waals surface area contributed by atoms with Gasteiger partial charge in [-0.05, 0) is 48.7 Å². The first kappa shape index (κ1) is 29.5. The van der Waals surface area contributed by atoms with E-state index in [4.69, 9.17) is 23.2 Å². The summed E-state index contributed by atoms with van der Waals surface area (Å²) in [6.45, 7) is 3.35. The van der Waals surface area contributed by atoms with Crippen LogP contribution in [0.4, 0.5) is 5.69 Å². The highest BCUT2D eigenvalue weighted by molar-refractivity contribution is 7.92. The minimum absolute atomic E-state index is 0.0132. The van der Waals surface area contributed by atoms with Gasteiger partial charge >= 0.3 is 0 Å². The molecule has 0 heterocycles. The smallest absolute Gasteiger partial charge is 0.244 e. The first-order chi connectivity index (χ1) is 18.0. The molecule has 3 aromatic rings. The summed E-state index contributed by atoms with van der Waals surface area (Å²) in [6.07, 6.45) is 1.27. The average molecular weight is 577 g/mol. The zero-order valence-corrected chi connectivity index (χ0v) is 23.9. The van der Waals surface area contributed by atoms with Gasteiger partial charge < -0.3 is 10.2 Å². The van der Waals surface area contributed by atoms with Crippen molar-refractivity contribution < 1.29 is 18.0 Å². The van der Waals surface area contributed by atoms with Gasteiger partial charge in [-0.25, -0.2) is 8.42 Å². The first-order valence-electron chi connectivity index (χ1n) is 12.1. The molecule has 0 aliphatic heterocycles. The largest absolute Gasteiger partial charge is 0.355 e. The number of hydrogen-bond donors (Lipinski definition) is 1. The van der Waals surface area contributed by atoms with E-state index < -0.39 is 28.5 Å². The number of anilines is 1. The standard InChI is InChI=1S/C28H31Cl2N3O4S/c1-4-31-28(35)26(17-21-11-6-5-7-12-21)32(18-22-13-8-9-14-24(22)30)27(34)19-33(38(3,36)37)25-16-10-15-23(29)20(25)2/h5-16,26H,4,17-19H2,1-3H3,(H,31,35). The van der Waals surface area contributed by atoms with E-state index in [1.165, 1.54) is 4.90 Å². The van der Waals surface area contributed by atoms with E-state index in [0.717, 1.165) is 16.1 Å². The summed E-state index contributed by atoms with van der Waals surface area (Å²) >= 11 is 12.7. The number of halogens is 2. The maximum absolute atomic E-state index is 14.0. The van der Waals surface area contributed by atoms with Crippen LogP contribution in [0.3, 0.4) is 0 Å². The number of amides is 2. The van der Waals surface area contributed by atoms with E-state index in [1.807, 2.05) is 30.3 Å². The summed E-state index contributed by atoms with van der Waals surface area (Å²) in [5.74, 6) is -0.900. The van der Waals surface area contributed by atoms with Crippen LogP contribution in [0.2, 0.25) is 10.0 Å². The van der Waals surface area contributed by atoms with Crippen molar-refractivity contribution in [1.29, 1.82) is 0 Å². The molecule has 3 rings (SSSR count). The van der Waals surface area contributed by atoms with Crippen LogP contribution in [-0.2, 0) is 32.6 Å². The van der Waals surface area contributed by atoms with Crippen LogP contribution in [0.15, 0.2) is 72.8 Å².